The monoisotopic (exact) mass is 437 g/mol. The fourth-order valence-corrected chi connectivity index (χ4v) is 2.96. The topological polar surface area (TPSA) is 131 Å². The lowest BCUT2D eigenvalue weighted by Gasteiger charge is -2.09. The van der Waals surface area contributed by atoms with Gasteiger partial charge in [0.2, 0.25) is 5.91 Å². The summed E-state index contributed by atoms with van der Waals surface area (Å²) in [5.41, 5.74) is 1.07. The molecule has 10 heteroatoms. The van der Waals surface area contributed by atoms with Gasteiger partial charge in [0.15, 0.2) is 0 Å². The van der Waals surface area contributed by atoms with Crippen molar-refractivity contribution in [3.05, 3.63) is 85.7 Å². The normalized spacial score (nSPS) is 10.3. The number of nitrogens with one attached hydrogen (secondary N) is 1. The number of aromatic nitrogens is 2. The zero-order chi connectivity index (χ0) is 22.4. The highest BCUT2D eigenvalue weighted by atomic mass is 35.5. The molecule has 0 fully saturated rings. The molecular weight excluding hydrogens is 422 g/mol. The van der Waals surface area contributed by atoms with Crippen LogP contribution in [-0.2, 0) is 11.3 Å². The highest BCUT2D eigenvalue weighted by molar-refractivity contribution is 6.30. The first-order valence-corrected chi connectivity index (χ1v) is 9.57. The zero-order valence-corrected chi connectivity index (χ0v) is 16.9. The molecule has 0 saturated heterocycles. The highest BCUT2D eigenvalue weighted by Crippen LogP contribution is 2.22. The average Bonchev–Trinajstić information content (AvgIpc) is 2.75. The minimum absolute atomic E-state index is 0.00361. The van der Waals surface area contributed by atoms with Crippen molar-refractivity contribution in [2.45, 2.75) is 19.4 Å². The molecule has 2 aromatic carbocycles. The number of anilines is 1. The summed E-state index contributed by atoms with van der Waals surface area (Å²) in [6.07, 6.45) is 0.402. The van der Waals surface area contributed by atoms with Crippen LogP contribution in [0.3, 0.4) is 0 Å². The first kappa shape index (κ1) is 21.7. The second-order valence-electron chi connectivity index (χ2n) is 6.54. The molecule has 0 atom stereocenters. The third kappa shape index (κ3) is 5.52. The maximum atomic E-state index is 12.2. The van der Waals surface area contributed by atoms with Gasteiger partial charge in [0, 0.05) is 41.8 Å². The van der Waals surface area contributed by atoms with E-state index in [0.717, 1.165) is 11.6 Å². The number of carbonyl (C=O) groups excluding carboxylic acids is 1. The number of nitriles is 1. The predicted molar refractivity (Wildman–Crippen MR) is 115 cm³/mol. The first-order valence-electron chi connectivity index (χ1n) is 9.20. The fraction of sp³-hybridized carbons (Fsp3) is 0.143. The number of nitro benzene ring substituents is 1. The molecule has 0 unspecified atom stereocenters. The Morgan fingerprint density at radius 1 is 1.19 bits per heavy atom. The van der Waals surface area contributed by atoms with Crippen LogP contribution in [0.25, 0.3) is 11.3 Å². The third-order valence-corrected chi connectivity index (χ3v) is 4.64. The van der Waals surface area contributed by atoms with Gasteiger partial charge in [-0.2, -0.15) is 10.4 Å². The Morgan fingerprint density at radius 2 is 1.94 bits per heavy atom. The minimum atomic E-state index is -0.616. The molecule has 1 N–H and O–H groups in total. The summed E-state index contributed by atoms with van der Waals surface area (Å²) < 4.78 is 1.28. The van der Waals surface area contributed by atoms with Gasteiger partial charge in [-0.25, -0.2) is 4.68 Å². The summed E-state index contributed by atoms with van der Waals surface area (Å²) in [6.45, 7) is 0.221. The number of nitrogens with zero attached hydrogens (tertiary/aromatic N) is 4. The van der Waals surface area contributed by atoms with Crippen LogP contribution in [0.1, 0.15) is 18.4 Å². The van der Waals surface area contributed by atoms with Crippen molar-refractivity contribution in [2.75, 3.05) is 5.32 Å². The number of amides is 1. The maximum absolute atomic E-state index is 12.2. The number of benzene rings is 2. The van der Waals surface area contributed by atoms with E-state index >= 15 is 0 Å². The molecule has 0 aliphatic carbocycles. The van der Waals surface area contributed by atoms with Crippen LogP contribution in [0.4, 0.5) is 11.4 Å². The predicted octanol–water partition coefficient (Wildman–Crippen LogP) is 3.76. The summed E-state index contributed by atoms with van der Waals surface area (Å²) in [7, 11) is 0. The maximum Gasteiger partial charge on any atom is 0.270 e. The van der Waals surface area contributed by atoms with E-state index in [0.29, 0.717) is 17.1 Å². The number of hydrogen-bond donors (Lipinski definition) is 1. The first-order chi connectivity index (χ1) is 14.9. The van der Waals surface area contributed by atoms with Gasteiger partial charge in [-0.15, -0.1) is 0 Å². The molecule has 0 spiro atoms. The van der Waals surface area contributed by atoms with Crippen molar-refractivity contribution in [1.82, 2.24) is 9.78 Å². The Morgan fingerprint density at radius 3 is 2.61 bits per heavy atom. The van der Waals surface area contributed by atoms with Gasteiger partial charge in [-0.05, 0) is 30.7 Å². The summed E-state index contributed by atoms with van der Waals surface area (Å²) in [5.74, 6) is -0.382. The van der Waals surface area contributed by atoms with Crippen molar-refractivity contribution in [2.24, 2.45) is 0 Å². The molecule has 1 amide bonds. The molecule has 1 aromatic heterocycles. The number of halogens is 1. The van der Waals surface area contributed by atoms with E-state index in [-0.39, 0.29) is 41.4 Å². The molecule has 3 rings (SSSR count). The highest BCUT2D eigenvalue weighted by Gasteiger charge is 2.13. The largest absolute Gasteiger partial charge is 0.325 e. The van der Waals surface area contributed by atoms with Gasteiger partial charge >= 0.3 is 0 Å². The number of non-ortho nitro benzene ring substituents is 1. The van der Waals surface area contributed by atoms with Crippen molar-refractivity contribution >= 4 is 28.9 Å². The summed E-state index contributed by atoms with van der Waals surface area (Å²) in [4.78, 5) is 34.5. The fourth-order valence-electron chi connectivity index (χ4n) is 2.83. The Kier molecular flexibility index (Phi) is 6.74. The number of aryl methyl sites for hydroxylation is 1. The van der Waals surface area contributed by atoms with E-state index in [1.165, 1.54) is 22.9 Å². The van der Waals surface area contributed by atoms with Crippen molar-refractivity contribution in [1.29, 1.82) is 5.26 Å². The summed E-state index contributed by atoms with van der Waals surface area (Å²) in [5, 5.41) is 27.4. The van der Waals surface area contributed by atoms with E-state index in [2.05, 4.69) is 10.4 Å². The molecule has 0 bridgehead atoms. The van der Waals surface area contributed by atoms with Gasteiger partial charge in [0.05, 0.1) is 21.9 Å². The lowest BCUT2D eigenvalue weighted by atomic mass is 10.1. The Hall–Kier alpha value is -4.03. The Labute approximate surface area is 181 Å². The number of hydrogen-bond acceptors (Lipinski definition) is 6. The average molecular weight is 438 g/mol. The van der Waals surface area contributed by atoms with Crippen LogP contribution in [0.2, 0.25) is 5.02 Å². The molecule has 156 valence electrons. The van der Waals surface area contributed by atoms with E-state index < -0.39 is 4.92 Å². The second kappa shape index (κ2) is 9.65. The van der Waals surface area contributed by atoms with Gasteiger partial charge in [0.25, 0.3) is 11.2 Å². The van der Waals surface area contributed by atoms with Crippen LogP contribution >= 0.6 is 11.6 Å². The summed E-state index contributed by atoms with van der Waals surface area (Å²) in [6, 6.07) is 15.5. The van der Waals surface area contributed by atoms with Crippen LogP contribution in [0.15, 0.2) is 59.4 Å². The van der Waals surface area contributed by atoms with Gasteiger partial charge in [-0.1, -0.05) is 23.7 Å². The summed E-state index contributed by atoms with van der Waals surface area (Å²) >= 11 is 5.89. The van der Waals surface area contributed by atoms with E-state index in [9.17, 15) is 19.7 Å². The van der Waals surface area contributed by atoms with E-state index in [1.807, 2.05) is 6.07 Å². The SMILES string of the molecule is N#Cc1cc([N+](=O)[O-])ccc1NC(=O)CCCn1nc(-c2ccc(Cl)cc2)ccc1=O. The Bertz CT molecular complexity index is 1230. The number of nitro groups is 1. The molecule has 9 nitrogen and oxygen atoms in total. The minimum Gasteiger partial charge on any atom is -0.325 e. The molecule has 0 radical (unpaired) electrons. The van der Waals surface area contributed by atoms with Crippen LogP contribution in [-0.4, -0.2) is 20.6 Å². The van der Waals surface area contributed by atoms with Gasteiger partial charge < -0.3 is 5.32 Å². The van der Waals surface area contributed by atoms with Crippen molar-refractivity contribution in [3.63, 3.8) is 0 Å². The molecule has 0 aliphatic rings. The smallest absolute Gasteiger partial charge is 0.270 e. The number of rotatable bonds is 7. The molecule has 0 saturated carbocycles. The quantitative estimate of drug-likeness (QED) is 0.442. The van der Waals surface area contributed by atoms with Crippen molar-refractivity contribution in [3.8, 4) is 17.3 Å². The van der Waals surface area contributed by atoms with Crippen LogP contribution in [0.5, 0.6) is 0 Å². The zero-order valence-electron chi connectivity index (χ0n) is 16.1. The van der Waals surface area contributed by atoms with Gasteiger partial charge in [-0.3, -0.25) is 19.7 Å². The molecule has 0 aliphatic heterocycles. The molecule has 3 aromatic rings. The third-order valence-electron chi connectivity index (χ3n) is 4.39. The van der Waals surface area contributed by atoms with Crippen LogP contribution < -0.4 is 10.9 Å². The molecule has 31 heavy (non-hydrogen) atoms. The lowest BCUT2D eigenvalue weighted by molar-refractivity contribution is -0.384. The van der Waals surface area contributed by atoms with Gasteiger partial charge in [0.1, 0.15) is 6.07 Å². The standard InChI is InChI=1S/C21H16ClN5O4/c22-16-5-3-14(4-6-16)19-9-10-21(29)26(25-19)11-1-2-20(28)24-18-8-7-17(27(30)31)12-15(18)13-23/h3-10,12H,1-2,11H2,(H,24,28). The van der Waals surface area contributed by atoms with E-state index in [1.54, 1.807) is 30.3 Å². The number of carbonyl (C=O) groups is 1. The lowest BCUT2D eigenvalue weighted by Crippen LogP contribution is -2.23. The van der Waals surface area contributed by atoms with Crippen molar-refractivity contribution < 1.29 is 9.72 Å². The van der Waals surface area contributed by atoms with Crippen LogP contribution in [0, 0.1) is 21.4 Å². The van der Waals surface area contributed by atoms with E-state index in [4.69, 9.17) is 16.9 Å². The second-order valence-corrected chi connectivity index (χ2v) is 6.97. The molecule has 1 heterocycles. The Balaban J connectivity index is 1.63. The molecular formula is C21H16ClN5O4.